The number of benzene rings is 17. The van der Waals surface area contributed by atoms with Gasteiger partial charge in [0.05, 0.1) is 11.2 Å². The van der Waals surface area contributed by atoms with Gasteiger partial charge in [0.25, 0.3) is 6.71 Å². The highest BCUT2D eigenvalue weighted by Crippen LogP contribution is 2.54. The number of hydrogen-bond acceptors (Lipinski definition) is 4. The largest absolute Gasteiger partial charge is 0.311 e. The van der Waals surface area contributed by atoms with Crippen molar-refractivity contribution >= 4 is 133 Å². The summed E-state index contributed by atoms with van der Waals surface area (Å²) in [6, 6.07) is 120. The Morgan fingerprint density at radius 3 is 1.05 bits per heavy atom. The van der Waals surface area contributed by atoms with Crippen LogP contribution in [0.4, 0.5) is 34.1 Å². The molecule has 0 N–H and O–H groups in total. The summed E-state index contributed by atoms with van der Waals surface area (Å²) in [5.74, 6) is 0.677. The second-order valence-electron chi connectivity index (χ2n) is 25.2. The summed E-state index contributed by atoms with van der Waals surface area (Å²) in [4.78, 5) is 16.4. The van der Waals surface area contributed by atoms with Crippen molar-refractivity contribution in [2.24, 2.45) is 0 Å². The molecule has 0 saturated carbocycles. The second kappa shape index (κ2) is 20.2. The number of fused-ring (bicyclic) bond motifs is 7. The number of anilines is 6. The summed E-state index contributed by atoms with van der Waals surface area (Å²) < 4.78 is 0. The van der Waals surface area contributed by atoms with Crippen molar-refractivity contribution < 1.29 is 0 Å². The van der Waals surface area contributed by atoms with Crippen molar-refractivity contribution in [3.05, 3.63) is 322 Å². The van der Waals surface area contributed by atoms with E-state index in [0.717, 1.165) is 95.0 Å². The van der Waals surface area contributed by atoms with Gasteiger partial charge >= 0.3 is 0 Å². The first-order valence-electron chi connectivity index (χ1n) is 32.1. The third-order valence-electron chi connectivity index (χ3n) is 20.0. The van der Waals surface area contributed by atoms with Crippen LogP contribution in [0.5, 0.6) is 0 Å². The Bertz CT molecular complexity index is 5600. The quantitative estimate of drug-likeness (QED) is 0.112. The molecule has 93 heavy (non-hydrogen) atoms. The van der Waals surface area contributed by atoms with Crippen LogP contribution in [0.15, 0.2) is 322 Å². The molecule has 2 aliphatic heterocycles. The van der Waals surface area contributed by atoms with E-state index in [9.17, 15) is 0 Å². The van der Waals surface area contributed by atoms with Crippen LogP contribution in [-0.2, 0) is 0 Å². The van der Waals surface area contributed by atoms with Gasteiger partial charge in [-0.1, -0.05) is 267 Å². The van der Waals surface area contributed by atoms with Gasteiger partial charge in [-0.25, -0.2) is 9.97 Å². The summed E-state index contributed by atoms with van der Waals surface area (Å²) in [7, 11) is 0. The molecule has 18 aromatic rings. The van der Waals surface area contributed by atoms with Gasteiger partial charge in [0.15, 0.2) is 5.82 Å². The summed E-state index contributed by atoms with van der Waals surface area (Å²) in [6.45, 7) is -0.246. The van der Waals surface area contributed by atoms with E-state index >= 15 is 0 Å². The average molecular weight is 1180 g/mol. The fourth-order valence-corrected chi connectivity index (χ4v) is 15.9. The highest BCUT2D eigenvalue weighted by atomic mass is 15.2. The maximum Gasteiger partial charge on any atom is 0.252 e. The molecule has 0 saturated heterocycles. The highest BCUT2D eigenvalue weighted by Gasteiger charge is 2.46. The van der Waals surface area contributed by atoms with Gasteiger partial charge in [-0.05, 0) is 169 Å². The number of hydrogen-bond donors (Lipinski definition) is 0. The molecule has 1 aromatic heterocycles. The highest BCUT2D eigenvalue weighted by molar-refractivity contribution is 7.01. The maximum atomic E-state index is 5.76. The van der Waals surface area contributed by atoms with Crippen molar-refractivity contribution in [3.8, 4) is 67.2 Å². The molecule has 2 aliphatic rings. The van der Waals surface area contributed by atoms with E-state index in [0.29, 0.717) is 5.82 Å². The normalized spacial score (nSPS) is 12.7. The van der Waals surface area contributed by atoms with Gasteiger partial charge in [-0.15, -0.1) is 0 Å². The summed E-state index contributed by atoms with van der Waals surface area (Å²) in [5, 5.41) is 15.9. The van der Waals surface area contributed by atoms with Crippen molar-refractivity contribution in [1.29, 1.82) is 0 Å². The molecule has 17 aromatic carbocycles. The van der Waals surface area contributed by atoms with Gasteiger partial charge in [-0.2, -0.15) is 0 Å². The number of aromatic nitrogens is 2. The molecule has 0 spiro atoms. The standard InChI is InChI=1S/C88H53BN4/c1-6-20-54(21-7-1)65-44-66(55-22-8-2-9-23-55)47-70(46-65)92-78-52-69(85-72-34-16-17-35-77(72)90-88(91-85)62-28-14-5-15-29-62)53-79-84(78)89(75-50-63-38-36-58-30-18-32-60-40-42-73(86(75)92)82(63)80(58)60)76-51-64-39-37-59-31-19-33-61-41-43-74(83(64)81(59)61)87(76)93(79)71-48-67(56-24-10-3-11-25-56)45-68(49-71)57-26-12-4-13-27-57/h1-53H. The summed E-state index contributed by atoms with van der Waals surface area (Å²) >= 11 is 0. The van der Waals surface area contributed by atoms with E-state index in [1.54, 1.807) is 0 Å². The molecule has 0 unspecified atom stereocenters. The zero-order valence-electron chi connectivity index (χ0n) is 50.5. The molecule has 0 radical (unpaired) electrons. The van der Waals surface area contributed by atoms with E-state index in [2.05, 4.69) is 331 Å². The van der Waals surface area contributed by atoms with Crippen LogP contribution in [-0.4, -0.2) is 16.7 Å². The van der Waals surface area contributed by atoms with Crippen molar-refractivity contribution in [2.45, 2.75) is 0 Å². The van der Waals surface area contributed by atoms with E-state index in [4.69, 9.17) is 9.97 Å². The Hall–Kier alpha value is -12.2. The van der Waals surface area contributed by atoms with Crippen molar-refractivity contribution in [3.63, 3.8) is 0 Å². The lowest BCUT2D eigenvalue weighted by Gasteiger charge is -2.45. The zero-order valence-corrected chi connectivity index (χ0v) is 50.5. The van der Waals surface area contributed by atoms with Gasteiger partial charge in [-0.3, -0.25) is 0 Å². The van der Waals surface area contributed by atoms with E-state index < -0.39 is 0 Å². The first kappa shape index (κ1) is 51.7. The first-order chi connectivity index (χ1) is 46.1. The van der Waals surface area contributed by atoms with Crippen molar-refractivity contribution in [2.75, 3.05) is 9.80 Å². The second-order valence-corrected chi connectivity index (χ2v) is 25.2. The SMILES string of the molecule is c1ccc(-c2cc(-c3ccccc3)cc(N3c4cc(-c5nc(-c6ccccc6)nc6ccccc56)cc5c4B(c4cc6ccc7cccc8ccc(c43)c6c78)c3cc4ccc6cccc7ccc(c3N5c3cc(-c5ccccc5)cc(-c5ccccc5)c3)c4c67)c2)cc1. The van der Waals surface area contributed by atoms with Crippen LogP contribution in [0.25, 0.3) is 143 Å². The van der Waals surface area contributed by atoms with Gasteiger partial charge in [0, 0.05) is 61.4 Å². The summed E-state index contributed by atoms with van der Waals surface area (Å²) in [5.41, 5.74) is 23.2. The molecule has 0 aliphatic carbocycles. The lowest BCUT2D eigenvalue weighted by atomic mass is 9.33. The van der Waals surface area contributed by atoms with E-state index in [1.165, 1.54) is 92.4 Å². The molecule has 0 atom stereocenters. The third kappa shape index (κ3) is 7.94. The predicted octanol–water partition coefficient (Wildman–Crippen LogP) is 21.5. The fraction of sp³-hybridized carbons (Fsp3) is 0. The Kier molecular flexibility index (Phi) is 11.2. The van der Waals surface area contributed by atoms with E-state index in [-0.39, 0.29) is 6.71 Å². The van der Waals surface area contributed by atoms with E-state index in [1.807, 2.05) is 0 Å². The monoisotopic (exact) mass is 1180 g/mol. The topological polar surface area (TPSA) is 32.3 Å². The van der Waals surface area contributed by atoms with Gasteiger partial charge < -0.3 is 9.80 Å². The molecule has 4 nitrogen and oxygen atoms in total. The fourth-order valence-electron chi connectivity index (χ4n) is 15.9. The Labute approximate surface area is 538 Å². The van der Waals surface area contributed by atoms with Gasteiger partial charge in [0.2, 0.25) is 0 Å². The molecule has 0 fully saturated rings. The number of para-hydroxylation sites is 1. The minimum Gasteiger partial charge on any atom is -0.311 e. The minimum absolute atomic E-state index is 0.246. The Morgan fingerprint density at radius 1 is 0.247 bits per heavy atom. The molecule has 0 amide bonds. The number of rotatable bonds is 8. The molecular weight excluding hydrogens is 1120 g/mol. The Morgan fingerprint density at radius 2 is 0.624 bits per heavy atom. The van der Waals surface area contributed by atoms with Gasteiger partial charge in [0.1, 0.15) is 0 Å². The van der Waals surface area contributed by atoms with Crippen LogP contribution in [0, 0.1) is 0 Å². The Balaban J connectivity index is 0.997. The van der Waals surface area contributed by atoms with Crippen molar-refractivity contribution in [1.82, 2.24) is 9.97 Å². The predicted molar refractivity (Wildman–Crippen MR) is 394 cm³/mol. The minimum atomic E-state index is -0.246. The molecule has 0 bridgehead atoms. The molecule has 428 valence electrons. The smallest absolute Gasteiger partial charge is 0.252 e. The molecular formula is C88H53BN4. The van der Waals surface area contributed by atoms with Crippen LogP contribution < -0.4 is 26.2 Å². The molecule has 20 rings (SSSR count). The molecule has 5 heteroatoms. The zero-order chi connectivity index (χ0) is 60.8. The van der Waals surface area contributed by atoms with Crippen LogP contribution in [0.1, 0.15) is 0 Å². The lowest BCUT2D eigenvalue weighted by Crippen LogP contribution is -2.61. The molecule has 3 heterocycles. The van der Waals surface area contributed by atoms with Crippen LogP contribution in [0.2, 0.25) is 0 Å². The lowest BCUT2D eigenvalue weighted by molar-refractivity contribution is 1.22. The number of nitrogens with zero attached hydrogens (tertiary/aromatic N) is 4. The van der Waals surface area contributed by atoms with Crippen LogP contribution in [0.3, 0.4) is 0 Å². The van der Waals surface area contributed by atoms with Crippen LogP contribution >= 0.6 is 0 Å². The third-order valence-corrected chi connectivity index (χ3v) is 20.0. The maximum absolute atomic E-state index is 5.76. The summed E-state index contributed by atoms with van der Waals surface area (Å²) in [6.07, 6.45) is 0. The average Bonchev–Trinajstić information content (AvgIpc) is 0.678. The first-order valence-corrected chi connectivity index (χ1v) is 32.1.